The second kappa shape index (κ2) is 7.54. The average molecular weight is 381 g/mol. The summed E-state index contributed by atoms with van der Waals surface area (Å²) < 4.78 is 31.6. The van der Waals surface area contributed by atoms with Gasteiger partial charge in [-0.3, -0.25) is 0 Å². The van der Waals surface area contributed by atoms with Crippen molar-refractivity contribution in [1.82, 2.24) is 15.5 Å². The van der Waals surface area contributed by atoms with E-state index in [-0.39, 0.29) is 23.2 Å². The van der Waals surface area contributed by atoms with Gasteiger partial charge in [-0.2, -0.15) is 4.98 Å². The number of nitrogens with zero attached hydrogens (tertiary/aromatic N) is 2. The van der Waals surface area contributed by atoms with Gasteiger partial charge < -0.3 is 15.2 Å². The minimum Gasteiger partial charge on any atom is -0.353 e. The van der Waals surface area contributed by atoms with Crippen LogP contribution in [-0.2, 0) is 6.54 Å². The van der Waals surface area contributed by atoms with Gasteiger partial charge in [-0.25, -0.2) is 8.78 Å². The fourth-order valence-corrected chi connectivity index (χ4v) is 2.39. The molecular formula is C16H11ClF2N4OS. The maximum absolute atomic E-state index is 13.6. The minimum absolute atomic E-state index is 0.0567. The van der Waals surface area contributed by atoms with Crippen LogP contribution in [0.4, 0.5) is 14.5 Å². The highest BCUT2D eigenvalue weighted by Gasteiger charge is 2.12. The van der Waals surface area contributed by atoms with Crippen LogP contribution in [0.25, 0.3) is 11.4 Å². The molecule has 128 valence electrons. The molecule has 0 saturated carbocycles. The lowest BCUT2D eigenvalue weighted by Crippen LogP contribution is -2.28. The molecule has 2 N–H and O–H groups in total. The summed E-state index contributed by atoms with van der Waals surface area (Å²) in [5.41, 5.74) is 0.703. The fraction of sp³-hybridized carbons (Fsp3) is 0.0625. The van der Waals surface area contributed by atoms with Gasteiger partial charge >= 0.3 is 0 Å². The molecular weight excluding hydrogens is 370 g/mol. The largest absolute Gasteiger partial charge is 0.353 e. The lowest BCUT2D eigenvalue weighted by Gasteiger charge is -2.09. The van der Waals surface area contributed by atoms with Crippen LogP contribution >= 0.6 is 23.8 Å². The van der Waals surface area contributed by atoms with Crippen molar-refractivity contribution in [3.8, 4) is 11.4 Å². The number of hydrogen-bond acceptors (Lipinski definition) is 4. The Hall–Kier alpha value is -2.58. The van der Waals surface area contributed by atoms with Gasteiger partial charge in [0.2, 0.25) is 11.7 Å². The van der Waals surface area contributed by atoms with Crippen molar-refractivity contribution in [3.05, 3.63) is 65.0 Å². The van der Waals surface area contributed by atoms with E-state index in [9.17, 15) is 8.78 Å². The summed E-state index contributed by atoms with van der Waals surface area (Å²) in [4.78, 5) is 4.21. The highest BCUT2D eigenvalue weighted by atomic mass is 35.5. The summed E-state index contributed by atoms with van der Waals surface area (Å²) in [7, 11) is 0. The molecule has 0 spiro atoms. The summed E-state index contributed by atoms with van der Waals surface area (Å²) >= 11 is 11.1. The third-order valence-corrected chi connectivity index (χ3v) is 3.74. The van der Waals surface area contributed by atoms with E-state index in [4.69, 9.17) is 28.3 Å². The summed E-state index contributed by atoms with van der Waals surface area (Å²) in [5.74, 6) is -0.785. The van der Waals surface area contributed by atoms with E-state index in [2.05, 4.69) is 20.8 Å². The van der Waals surface area contributed by atoms with E-state index in [1.165, 1.54) is 6.07 Å². The van der Waals surface area contributed by atoms with Crippen LogP contribution in [0.5, 0.6) is 0 Å². The molecule has 0 bridgehead atoms. The van der Waals surface area contributed by atoms with Crippen molar-refractivity contribution in [3.63, 3.8) is 0 Å². The van der Waals surface area contributed by atoms with E-state index < -0.39 is 11.6 Å². The molecule has 5 nitrogen and oxygen atoms in total. The van der Waals surface area contributed by atoms with Gasteiger partial charge in [-0.15, -0.1) is 0 Å². The van der Waals surface area contributed by atoms with E-state index >= 15 is 0 Å². The molecule has 0 amide bonds. The average Bonchev–Trinajstić information content (AvgIpc) is 3.05. The highest BCUT2D eigenvalue weighted by Crippen LogP contribution is 2.24. The Morgan fingerprint density at radius 1 is 1.20 bits per heavy atom. The number of aromatic nitrogens is 2. The fourth-order valence-electron chi connectivity index (χ4n) is 1.99. The van der Waals surface area contributed by atoms with Crippen LogP contribution in [0.3, 0.4) is 0 Å². The van der Waals surface area contributed by atoms with E-state index in [1.807, 2.05) is 6.07 Å². The number of thiocarbonyl (C=S) groups is 1. The standard InChI is InChI=1S/C16H11ClF2N4OS/c17-11-4-2-1-3-10(11)15-22-14(24-23-15)8-20-16(25)21-13-6-5-9(18)7-12(13)19/h1-7H,8H2,(H2,20,21,25). The molecule has 3 aromatic rings. The zero-order valence-corrected chi connectivity index (χ0v) is 14.2. The van der Waals surface area contributed by atoms with Crippen molar-refractivity contribution < 1.29 is 13.3 Å². The summed E-state index contributed by atoms with van der Waals surface area (Å²) in [6.07, 6.45) is 0. The molecule has 9 heteroatoms. The molecule has 1 aromatic heterocycles. The molecule has 1 heterocycles. The Balaban J connectivity index is 1.60. The second-order valence-corrected chi connectivity index (χ2v) is 5.74. The minimum atomic E-state index is -0.747. The first-order valence-corrected chi connectivity index (χ1v) is 7.89. The maximum Gasteiger partial charge on any atom is 0.246 e. The molecule has 0 radical (unpaired) electrons. The zero-order valence-electron chi connectivity index (χ0n) is 12.6. The van der Waals surface area contributed by atoms with Crippen molar-refractivity contribution in [2.45, 2.75) is 6.54 Å². The molecule has 25 heavy (non-hydrogen) atoms. The van der Waals surface area contributed by atoms with Gasteiger partial charge in [0.15, 0.2) is 5.11 Å². The summed E-state index contributed by atoms with van der Waals surface area (Å²) in [6, 6.07) is 10.2. The van der Waals surface area contributed by atoms with E-state index in [0.717, 1.165) is 12.1 Å². The normalized spacial score (nSPS) is 10.5. The Labute approximate surface area is 152 Å². The van der Waals surface area contributed by atoms with Gasteiger partial charge in [0.1, 0.15) is 11.6 Å². The third-order valence-electron chi connectivity index (χ3n) is 3.16. The van der Waals surface area contributed by atoms with Crippen LogP contribution in [-0.4, -0.2) is 15.3 Å². The van der Waals surface area contributed by atoms with Crippen molar-refractivity contribution in [2.24, 2.45) is 0 Å². The van der Waals surface area contributed by atoms with Crippen LogP contribution in [0, 0.1) is 11.6 Å². The van der Waals surface area contributed by atoms with Crippen molar-refractivity contribution >= 4 is 34.6 Å². The summed E-state index contributed by atoms with van der Waals surface area (Å²) in [5, 5.41) is 9.91. The molecule has 0 aliphatic carbocycles. The smallest absolute Gasteiger partial charge is 0.246 e. The second-order valence-electron chi connectivity index (χ2n) is 4.92. The van der Waals surface area contributed by atoms with Gasteiger partial charge in [-0.1, -0.05) is 28.9 Å². The molecule has 0 atom stereocenters. The van der Waals surface area contributed by atoms with Gasteiger partial charge in [0.05, 0.1) is 17.3 Å². The Bertz CT molecular complexity index is 919. The quantitative estimate of drug-likeness (QED) is 0.663. The van der Waals surface area contributed by atoms with Gasteiger partial charge in [0.25, 0.3) is 0 Å². The predicted octanol–water partition coefficient (Wildman–Crippen LogP) is 4.15. The Morgan fingerprint density at radius 2 is 2.00 bits per heavy atom. The number of anilines is 1. The maximum atomic E-state index is 13.6. The monoisotopic (exact) mass is 380 g/mol. The lowest BCUT2D eigenvalue weighted by atomic mass is 10.2. The molecule has 0 aliphatic heterocycles. The number of nitrogens with one attached hydrogen (secondary N) is 2. The molecule has 0 saturated heterocycles. The summed E-state index contributed by atoms with van der Waals surface area (Å²) in [6.45, 7) is 0.131. The third kappa shape index (κ3) is 4.28. The Morgan fingerprint density at radius 3 is 2.76 bits per heavy atom. The molecule has 0 aliphatic rings. The van der Waals surface area contributed by atoms with Crippen molar-refractivity contribution in [1.29, 1.82) is 0 Å². The number of benzene rings is 2. The van der Waals surface area contributed by atoms with E-state index in [0.29, 0.717) is 16.4 Å². The Kier molecular flexibility index (Phi) is 5.20. The van der Waals surface area contributed by atoms with Crippen molar-refractivity contribution in [2.75, 3.05) is 5.32 Å². The lowest BCUT2D eigenvalue weighted by molar-refractivity contribution is 0.376. The highest BCUT2D eigenvalue weighted by molar-refractivity contribution is 7.80. The van der Waals surface area contributed by atoms with Gasteiger partial charge in [-0.05, 0) is 36.5 Å². The SMILES string of the molecule is Fc1ccc(NC(=S)NCc2nc(-c3ccccc3Cl)no2)c(F)c1. The predicted molar refractivity (Wildman–Crippen MR) is 94.2 cm³/mol. The first kappa shape index (κ1) is 17.2. The topological polar surface area (TPSA) is 63.0 Å². The molecule has 0 fully saturated rings. The molecule has 2 aromatic carbocycles. The first-order chi connectivity index (χ1) is 12.0. The number of rotatable bonds is 4. The van der Waals surface area contributed by atoms with Crippen LogP contribution < -0.4 is 10.6 Å². The van der Waals surface area contributed by atoms with E-state index in [1.54, 1.807) is 18.2 Å². The molecule has 3 rings (SSSR count). The van der Waals surface area contributed by atoms with Gasteiger partial charge in [0, 0.05) is 11.6 Å². The van der Waals surface area contributed by atoms with Crippen LogP contribution in [0.15, 0.2) is 47.0 Å². The van der Waals surface area contributed by atoms with Crippen LogP contribution in [0.1, 0.15) is 5.89 Å². The number of hydrogen-bond donors (Lipinski definition) is 2. The first-order valence-electron chi connectivity index (χ1n) is 7.10. The zero-order chi connectivity index (χ0) is 17.8. The molecule has 0 unspecified atom stereocenters. The van der Waals surface area contributed by atoms with Crippen LogP contribution in [0.2, 0.25) is 5.02 Å². The number of halogens is 3.